The normalized spacial score (nSPS) is 44.7. The summed E-state index contributed by atoms with van der Waals surface area (Å²) in [6.07, 6.45) is 19.9. The monoisotopic (exact) mass is 354 g/mol. The molecule has 26 heavy (non-hydrogen) atoms. The highest BCUT2D eigenvalue weighted by Gasteiger charge is 2.55. The third-order valence-corrected chi connectivity index (χ3v) is 8.61. The Morgan fingerprint density at radius 2 is 2.12 bits per heavy atom. The fraction of sp³-hybridized carbons (Fsp3) is 0.708. The molecule has 0 heterocycles. The van der Waals surface area contributed by atoms with Crippen LogP contribution in [-0.2, 0) is 4.79 Å². The fourth-order valence-electron chi connectivity index (χ4n) is 7.00. The molecule has 4 aliphatic rings. The first-order chi connectivity index (χ1) is 12.4. The van der Waals surface area contributed by atoms with Gasteiger partial charge in [0.25, 0.3) is 0 Å². The van der Waals surface area contributed by atoms with Crippen LogP contribution in [0.2, 0.25) is 0 Å². The topological polar surface area (TPSA) is 37.3 Å². The van der Waals surface area contributed by atoms with E-state index in [1.54, 1.807) is 5.57 Å². The molecule has 142 valence electrons. The molecule has 1 fully saturated rings. The molecule has 4 rings (SSSR count). The number of carboxylic acid groups (broad SMARTS) is 1. The SMILES string of the molecule is C[C@H](CCC(=O)O)[C@H]1CC[C@H]2C3=CC[C@@H]4C=CCC[C@]4(C)[C@H]3C=C[C@]12C. The van der Waals surface area contributed by atoms with E-state index in [9.17, 15) is 4.79 Å². The summed E-state index contributed by atoms with van der Waals surface area (Å²) < 4.78 is 0. The lowest BCUT2D eigenvalue weighted by Gasteiger charge is -2.53. The van der Waals surface area contributed by atoms with Crippen LogP contribution < -0.4 is 0 Å². The number of hydrogen-bond acceptors (Lipinski definition) is 1. The lowest BCUT2D eigenvalue weighted by Crippen LogP contribution is -2.45. The predicted molar refractivity (Wildman–Crippen MR) is 106 cm³/mol. The van der Waals surface area contributed by atoms with Gasteiger partial charge in [0, 0.05) is 12.3 Å². The Bertz CT molecular complexity index is 672. The minimum absolute atomic E-state index is 0.216. The van der Waals surface area contributed by atoms with E-state index in [2.05, 4.69) is 51.2 Å². The average Bonchev–Trinajstić information content (AvgIpc) is 2.96. The van der Waals surface area contributed by atoms with Gasteiger partial charge >= 0.3 is 5.97 Å². The quantitative estimate of drug-likeness (QED) is 0.628. The standard InChI is InChI=1S/C24H34O2/c1-16(7-12-22(25)26)19-10-11-20-18-9-8-17-6-4-5-14-23(17,2)21(18)13-15-24(19,20)3/h4,6,9,13,15-17,19-21H,5,7-8,10-12,14H2,1-3H3,(H,25,26)/t16-,17+,19-,20+,21+,23+,24-/m1/s1. The highest BCUT2D eigenvalue weighted by molar-refractivity contribution is 5.66. The van der Waals surface area contributed by atoms with Crippen molar-refractivity contribution in [1.82, 2.24) is 0 Å². The Labute approximate surface area is 158 Å². The second-order valence-electron chi connectivity index (χ2n) is 9.87. The molecule has 2 nitrogen and oxygen atoms in total. The van der Waals surface area contributed by atoms with Gasteiger partial charge in [0.2, 0.25) is 0 Å². The second-order valence-corrected chi connectivity index (χ2v) is 9.87. The zero-order valence-electron chi connectivity index (χ0n) is 16.6. The van der Waals surface area contributed by atoms with Crippen LogP contribution in [0.5, 0.6) is 0 Å². The zero-order valence-corrected chi connectivity index (χ0v) is 16.6. The molecule has 0 aromatic rings. The van der Waals surface area contributed by atoms with Crippen LogP contribution >= 0.6 is 0 Å². The van der Waals surface area contributed by atoms with Crippen molar-refractivity contribution in [3.05, 3.63) is 36.0 Å². The Morgan fingerprint density at radius 1 is 1.31 bits per heavy atom. The third kappa shape index (κ3) is 2.63. The van der Waals surface area contributed by atoms with Crippen LogP contribution in [-0.4, -0.2) is 11.1 Å². The summed E-state index contributed by atoms with van der Waals surface area (Å²) >= 11 is 0. The van der Waals surface area contributed by atoms with Crippen molar-refractivity contribution >= 4 is 5.97 Å². The number of hydrogen-bond donors (Lipinski definition) is 1. The smallest absolute Gasteiger partial charge is 0.303 e. The van der Waals surface area contributed by atoms with Gasteiger partial charge in [-0.1, -0.05) is 56.7 Å². The Kier molecular flexibility index (Phi) is 4.44. The van der Waals surface area contributed by atoms with Crippen molar-refractivity contribution < 1.29 is 9.90 Å². The maximum atomic E-state index is 11.0. The molecule has 0 amide bonds. The molecule has 1 saturated carbocycles. The minimum atomic E-state index is -0.657. The van der Waals surface area contributed by atoms with Gasteiger partial charge < -0.3 is 5.11 Å². The molecule has 0 bridgehead atoms. The largest absolute Gasteiger partial charge is 0.481 e. The number of rotatable bonds is 4. The van der Waals surface area contributed by atoms with Gasteiger partial charge in [0.15, 0.2) is 0 Å². The highest BCUT2D eigenvalue weighted by Crippen LogP contribution is 2.63. The van der Waals surface area contributed by atoms with Crippen LogP contribution in [0.1, 0.15) is 65.7 Å². The van der Waals surface area contributed by atoms with E-state index in [0.29, 0.717) is 41.4 Å². The third-order valence-electron chi connectivity index (χ3n) is 8.61. The number of aliphatic carboxylic acids is 1. The Balaban J connectivity index is 1.61. The van der Waals surface area contributed by atoms with E-state index < -0.39 is 5.97 Å². The van der Waals surface area contributed by atoms with Crippen molar-refractivity contribution in [2.45, 2.75) is 65.7 Å². The molecule has 0 aliphatic heterocycles. The molecule has 1 N–H and O–H groups in total. The van der Waals surface area contributed by atoms with Crippen molar-refractivity contribution in [2.75, 3.05) is 0 Å². The van der Waals surface area contributed by atoms with Crippen LogP contribution in [0, 0.1) is 40.4 Å². The molecule has 0 unspecified atom stereocenters. The van der Waals surface area contributed by atoms with Gasteiger partial charge in [-0.15, -0.1) is 0 Å². The highest BCUT2D eigenvalue weighted by atomic mass is 16.4. The van der Waals surface area contributed by atoms with Gasteiger partial charge in [-0.25, -0.2) is 0 Å². The summed E-state index contributed by atoms with van der Waals surface area (Å²) in [7, 11) is 0. The van der Waals surface area contributed by atoms with Crippen molar-refractivity contribution in [1.29, 1.82) is 0 Å². The van der Waals surface area contributed by atoms with Crippen molar-refractivity contribution in [2.24, 2.45) is 40.4 Å². The van der Waals surface area contributed by atoms with E-state index in [4.69, 9.17) is 5.11 Å². The first-order valence-corrected chi connectivity index (χ1v) is 10.6. The van der Waals surface area contributed by atoms with Crippen molar-refractivity contribution in [3.63, 3.8) is 0 Å². The van der Waals surface area contributed by atoms with Crippen LogP contribution in [0.15, 0.2) is 36.0 Å². The summed E-state index contributed by atoms with van der Waals surface area (Å²) in [5.41, 5.74) is 2.33. The second kappa shape index (κ2) is 6.39. The summed E-state index contributed by atoms with van der Waals surface area (Å²) in [5.74, 6) is 2.41. The Morgan fingerprint density at radius 3 is 2.88 bits per heavy atom. The molecule has 0 radical (unpaired) electrons. The molecule has 7 atom stereocenters. The molecule has 0 saturated heterocycles. The first-order valence-electron chi connectivity index (χ1n) is 10.6. The van der Waals surface area contributed by atoms with Gasteiger partial charge in [0.1, 0.15) is 0 Å². The molecule has 0 spiro atoms. The molecular formula is C24H34O2. The minimum Gasteiger partial charge on any atom is -0.481 e. The zero-order chi connectivity index (χ0) is 18.5. The molecular weight excluding hydrogens is 320 g/mol. The van der Waals surface area contributed by atoms with Gasteiger partial charge in [0.05, 0.1) is 0 Å². The number of carbonyl (C=O) groups is 1. The van der Waals surface area contributed by atoms with E-state index in [1.807, 2.05) is 0 Å². The predicted octanol–water partition coefficient (Wildman–Crippen LogP) is 6.01. The average molecular weight is 355 g/mol. The maximum Gasteiger partial charge on any atom is 0.303 e. The van der Waals surface area contributed by atoms with E-state index in [0.717, 1.165) is 6.42 Å². The lowest BCUT2D eigenvalue weighted by atomic mass is 9.51. The molecule has 2 heteroatoms. The maximum absolute atomic E-state index is 11.0. The van der Waals surface area contributed by atoms with E-state index in [-0.39, 0.29) is 5.41 Å². The summed E-state index contributed by atoms with van der Waals surface area (Å²) in [6, 6.07) is 0. The summed E-state index contributed by atoms with van der Waals surface area (Å²) in [6.45, 7) is 7.25. The number of fused-ring (bicyclic) bond motifs is 5. The molecule has 0 aromatic heterocycles. The fourth-order valence-corrected chi connectivity index (χ4v) is 7.00. The van der Waals surface area contributed by atoms with E-state index in [1.165, 1.54) is 32.1 Å². The summed E-state index contributed by atoms with van der Waals surface area (Å²) in [4.78, 5) is 11.0. The Hall–Kier alpha value is -1.31. The number of allylic oxidation sites excluding steroid dienone is 6. The molecule has 0 aromatic carbocycles. The van der Waals surface area contributed by atoms with Crippen LogP contribution in [0.4, 0.5) is 0 Å². The van der Waals surface area contributed by atoms with Gasteiger partial charge in [-0.2, -0.15) is 0 Å². The molecule has 4 aliphatic carbocycles. The van der Waals surface area contributed by atoms with Crippen LogP contribution in [0.25, 0.3) is 0 Å². The van der Waals surface area contributed by atoms with Crippen molar-refractivity contribution in [3.8, 4) is 0 Å². The van der Waals surface area contributed by atoms with E-state index >= 15 is 0 Å². The van der Waals surface area contributed by atoms with Gasteiger partial charge in [-0.3, -0.25) is 4.79 Å². The van der Waals surface area contributed by atoms with Crippen LogP contribution in [0.3, 0.4) is 0 Å². The summed E-state index contributed by atoms with van der Waals surface area (Å²) in [5, 5.41) is 9.07. The van der Waals surface area contributed by atoms with Gasteiger partial charge in [-0.05, 0) is 73.0 Å². The lowest BCUT2D eigenvalue weighted by molar-refractivity contribution is -0.137. The first kappa shape index (κ1) is 18.1. The number of carboxylic acids is 1.